The van der Waals surface area contributed by atoms with Crippen LogP contribution in [0.5, 0.6) is 6.01 Å². The van der Waals surface area contributed by atoms with E-state index in [0.29, 0.717) is 28.0 Å². The number of aromatic amines is 1. The average molecular weight is 287 g/mol. The lowest BCUT2D eigenvalue weighted by Gasteiger charge is -2.33. The van der Waals surface area contributed by atoms with Crippen LogP contribution in [0.4, 0.5) is 5.69 Å². The van der Waals surface area contributed by atoms with Crippen molar-refractivity contribution in [2.24, 2.45) is 5.41 Å². The number of anilines is 1. The van der Waals surface area contributed by atoms with Crippen LogP contribution in [-0.4, -0.2) is 16.1 Å². The maximum absolute atomic E-state index is 12.1. The van der Waals surface area contributed by atoms with Crippen LogP contribution in [-0.2, 0) is 0 Å². The lowest BCUT2D eigenvalue weighted by Crippen LogP contribution is -2.29. The van der Waals surface area contributed by atoms with Gasteiger partial charge in [-0.3, -0.25) is 9.78 Å². The molecule has 1 saturated carbocycles. The Hall–Kier alpha value is -2.04. The van der Waals surface area contributed by atoms with Gasteiger partial charge in [0.15, 0.2) is 0 Å². The molecule has 0 unspecified atom stereocenters. The Morgan fingerprint density at radius 2 is 2.05 bits per heavy atom. The molecular weight excluding hydrogens is 266 g/mol. The van der Waals surface area contributed by atoms with Crippen molar-refractivity contribution in [3.63, 3.8) is 0 Å². The molecule has 21 heavy (non-hydrogen) atoms. The summed E-state index contributed by atoms with van der Waals surface area (Å²) in [5, 5.41) is 0.493. The molecule has 112 valence electrons. The van der Waals surface area contributed by atoms with E-state index < -0.39 is 0 Å². The molecule has 2 aromatic rings. The van der Waals surface area contributed by atoms with Gasteiger partial charge in [-0.25, -0.2) is 0 Å². The van der Waals surface area contributed by atoms with E-state index >= 15 is 0 Å². The number of nitrogens with two attached hydrogens (primary N) is 1. The quantitative estimate of drug-likeness (QED) is 0.832. The first kappa shape index (κ1) is 13.9. The van der Waals surface area contributed by atoms with Crippen LogP contribution < -0.4 is 16.0 Å². The molecule has 0 saturated heterocycles. The van der Waals surface area contributed by atoms with Crippen molar-refractivity contribution < 1.29 is 4.74 Å². The van der Waals surface area contributed by atoms with Gasteiger partial charge in [0.2, 0.25) is 0 Å². The predicted molar refractivity (Wildman–Crippen MR) is 83.4 cm³/mol. The molecule has 0 radical (unpaired) electrons. The van der Waals surface area contributed by atoms with Crippen LogP contribution in [0.1, 0.15) is 39.5 Å². The number of aromatic nitrogens is 2. The summed E-state index contributed by atoms with van der Waals surface area (Å²) in [5.41, 5.74) is 7.04. The summed E-state index contributed by atoms with van der Waals surface area (Å²) >= 11 is 0. The Morgan fingerprint density at radius 1 is 1.33 bits per heavy atom. The molecule has 0 atom stereocenters. The summed E-state index contributed by atoms with van der Waals surface area (Å²) in [6, 6.07) is 5.42. The Bertz CT molecular complexity index is 711. The molecule has 1 aliphatic carbocycles. The number of ether oxygens (including phenoxy) is 1. The zero-order chi connectivity index (χ0) is 15.0. The third-order valence-electron chi connectivity index (χ3n) is 4.27. The SMILES string of the molecule is CC1(C)CCC(Oc2nc3ccc(N)cc3c(=O)[nH]2)CC1. The Balaban J connectivity index is 1.82. The van der Waals surface area contributed by atoms with Crippen molar-refractivity contribution in [1.82, 2.24) is 9.97 Å². The van der Waals surface area contributed by atoms with E-state index in [1.54, 1.807) is 18.2 Å². The molecule has 3 N–H and O–H groups in total. The second kappa shape index (κ2) is 5.06. The van der Waals surface area contributed by atoms with Gasteiger partial charge >= 0.3 is 0 Å². The van der Waals surface area contributed by atoms with Gasteiger partial charge in [0, 0.05) is 5.69 Å². The number of rotatable bonds is 2. The van der Waals surface area contributed by atoms with Gasteiger partial charge in [0.1, 0.15) is 6.10 Å². The monoisotopic (exact) mass is 287 g/mol. The third-order valence-corrected chi connectivity index (χ3v) is 4.27. The minimum absolute atomic E-state index is 0.132. The fraction of sp³-hybridized carbons (Fsp3) is 0.500. The van der Waals surface area contributed by atoms with Gasteiger partial charge in [-0.15, -0.1) is 0 Å². The fourth-order valence-electron chi connectivity index (χ4n) is 2.84. The van der Waals surface area contributed by atoms with Gasteiger partial charge in [-0.1, -0.05) is 13.8 Å². The van der Waals surface area contributed by atoms with Crippen molar-refractivity contribution in [2.75, 3.05) is 5.73 Å². The zero-order valence-corrected chi connectivity index (χ0v) is 12.5. The van der Waals surface area contributed by atoms with Crippen LogP contribution in [0.25, 0.3) is 10.9 Å². The zero-order valence-electron chi connectivity index (χ0n) is 12.5. The van der Waals surface area contributed by atoms with E-state index in [1.807, 2.05) is 0 Å². The highest BCUT2D eigenvalue weighted by Crippen LogP contribution is 2.36. The molecule has 1 aromatic heterocycles. The van der Waals surface area contributed by atoms with Crippen molar-refractivity contribution in [1.29, 1.82) is 0 Å². The molecule has 0 spiro atoms. The molecule has 5 nitrogen and oxygen atoms in total. The smallest absolute Gasteiger partial charge is 0.297 e. The van der Waals surface area contributed by atoms with E-state index in [1.165, 1.54) is 0 Å². The van der Waals surface area contributed by atoms with Crippen molar-refractivity contribution >= 4 is 16.6 Å². The molecule has 3 rings (SSSR count). The maximum Gasteiger partial charge on any atom is 0.297 e. The fourth-order valence-corrected chi connectivity index (χ4v) is 2.84. The third kappa shape index (κ3) is 3.01. The average Bonchev–Trinajstić information content (AvgIpc) is 2.42. The van der Waals surface area contributed by atoms with Crippen molar-refractivity contribution in [3.05, 3.63) is 28.6 Å². The van der Waals surface area contributed by atoms with Gasteiger partial charge in [0.05, 0.1) is 10.9 Å². The molecule has 0 aliphatic heterocycles. The van der Waals surface area contributed by atoms with E-state index in [4.69, 9.17) is 10.5 Å². The molecular formula is C16H21N3O2. The van der Waals surface area contributed by atoms with Gasteiger partial charge < -0.3 is 10.5 Å². The second-order valence-electron chi connectivity index (χ2n) is 6.63. The van der Waals surface area contributed by atoms with Gasteiger partial charge in [-0.05, 0) is 49.3 Å². The predicted octanol–water partition coefficient (Wildman–Crippen LogP) is 2.85. The van der Waals surface area contributed by atoms with Crippen LogP contribution in [0.15, 0.2) is 23.0 Å². The highest BCUT2D eigenvalue weighted by Gasteiger charge is 2.28. The molecule has 5 heteroatoms. The van der Waals surface area contributed by atoms with Crippen LogP contribution >= 0.6 is 0 Å². The first-order valence-electron chi connectivity index (χ1n) is 7.39. The van der Waals surface area contributed by atoms with E-state index in [2.05, 4.69) is 23.8 Å². The second-order valence-corrected chi connectivity index (χ2v) is 6.63. The highest BCUT2D eigenvalue weighted by molar-refractivity contribution is 5.81. The Morgan fingerprint density at radius 3 is 2.76 bits per heavy atom. The van der Waals surface area contributed by atoms with E-state index in [0.717, 1.165) is 25.7 Å². The summed E-state index contributed by atoms with van der Waals surface area (Å²) in [6.45, 7) is 4.56. The summed E-state index contributed by atoms with van der Waals surface area (Å²) in [7, 11) is 0. The molecule has 0 amide bonds. The minimum Gasteiger partial charge on any atom is -0.461 e. The lowest BCUT2D eigenvalue weighted by molar-refractivity contribution is 0.0908. The Labute approximate surface area is 123 Å². The maximum atomic E-state index is 12.1. The number of nitrogens with one attached hydrogen (secondary N) is 1. The highest BCUT2D eigenvalue weighted by atomic mass is 16.5. The number of benzene rings is 1. The molecule has 1 fully saturated rings. The molecule has 1 heterocycles. The normalized spacial score (nSPS) is 18.8. The van der Waals surface area contributed by atoms with Crippen molar-refractivity contribution in [3.8, 4) is 6.01 Å². The first-order valence-corrected chi connectivity index (χ1v) is 7.39. The number of nitrogens with zero attached hydrogens (tertiary/aromatic N) is 1. The largest absolute Gasteiger partial charge is 0.461 e. The molecule has 1 aromatic carbocycles. The number of fused-ring (bicyclic) bond motifs is 1. The van der Waals surface area contributed by atoms with Crippen LogP contribution in [0.2, 0.25) is 0 Å². The lowest BCUT2D eigenvalue weighted by atomic mass is 9.76. The summed E-state index contributed by atoms with van der Waals surface area (Å²) in [5.74, 6) is 0. The first-order chi connectivity index (χ1) is 9.93. The molecule has 0 bridgehead atoms. The number of nitrogen functional groups attached to an aromatic ring is 1. The summed E-state index contributed by atoms with van der Waals surface area (Å²) in [6.07, 6.45) is 4.39. The molecule has 1 aliphatic rings. The van der Waals surface area contributed by atoms with Crippen molar-refractivity contribution in [2.45, 2.75) is 45.6 Å². The standard InChI is InChI=1S/C16H21N3O2/c1-16(2)7-5-11(6-8-16)21-15-18-13-4-3-10(17)9-12(13)14(20)19-15/h3-4,9,11H,5-8,17H2,1-2H3,(H,18,19,20). The summed E-state index contributed by atoms with van der Waals surface area (Å²) < 4.78 is 5.87. The summed E-state index contributed by atoms with van der Waals surface area (Å²) in [4.78, 5) is 19.1. The minimum atomic E-state index is -0.210. The topological polar surface area (TPSA) is 81.0 Å². The number of H-pyrrole nitrogens is 1. The van der Waals surface area contributed by atoms with E-state index in [-0.39, 0.29) is 11.7 Å². The van der Waals surface area contributed by atoms with Gasteiger partial charge in [0.25, 0.3) is 11.6 Å². The number of hydrogen-bond donors (Lipinski definition) is 2. The number of hydrogen-bond acceptors (Lipinski definition) is 4. The van der Waals surface area contributed by atoms with E-state index in [9.17, 15) is 4.79 Å². The van der Waals surface area contributed by atoms with Crippen LogP contribution in [0.3, 0.4) is 0 Å². The van der Waals surface area contributed by atoms with Gasteiger partial charge in [-0.2, -0.15) is 4.98 Å². The van der Waals surface area contributed by atoms with Crippen LogP contribution in [0, 0.1) is 5.41 Å². The Kier molecular flexibility index (Phi) is 3.35.